The van der Waals surface area contributed by atoms with Gasteiger partial charge in [0.05, 0.1) is 6.54 Å². The highest BCUT2D eigenvalue weighted by Crippen LogP contribution is 2.28. The molecule has 2 N–H and O–H groups in total. The molecule has 1 aliphatic heterocycles. The fourth-order valence-corrected chi connectivity index (χ4v) is 4.57. The predicted molar refractivity (Wildman–Crippen MR) is 87.9 cm³/mol. The molecule has 122 valence electrons. The van der Waals surface area contributed by atoms with E-state index in [0.717, 1.165) is 49.6 Å². The van der Waals surface area contributed by atoms with Crippen molar-refractivity contribution in [3.63, 3.8) is 0 Å². The first-order valence-electron chi connectivity index (χ1n) is 8.33. The molecule has 1 aliphatic carbocycles. The topological polar surface area (TPSA) is 71.8 Å². The van der Waals surface area contributed by atoms with Crippen molar-refractivity contribution in [3.05, 3.63) is 11.6 Å². The van der Waals surface area contributed by atoms with Gasteiger partial charge in [-0.3, -0.25) is 0 Å². The number of thioether (sulfide) groups is 1. The lowest BCUT2D eigenvalue weighted by atomic mass is 9.95. The Balaban J connectivity index is 1.44. The third kappa shape index (κ3) is 3.74. The van der Waals surface area contributed by atoms with Gasteiger partial charge in [-0.25, -0.2) is 4.79 Å². The second kappa shape index (κ2) is 7.35. The summed E-state index contributed by atoms with van der Waals surface area (Å²) in [4.78, 5) is 12.1. The summed E-state index contributed by atoms with van der Waals surface area (Å²) >= 11 is 2.01. The molecule has 0 bridgehead atoms. The summed E-state index contributed by atoms with van der Waals surface area (Å²) in [6.07, 6.45) is 6.80. The van der Waals surface area contributed by atoms with Crippen LogP contribution < -0.4 is 10.6 Å². The number of nitrogens with zero attached hydrogens (tertiary/aromatic N) is 3. The normalized spacial score (nSPS) is 24.0. The maximum absolute atomic E-state index is 12.1. The van der Waals surface area contributed by atoms with Crippen LogP contribution in [0.1, 0.15) is 50.7 Å². The standard InChI is InChI=1S/C15H25N5OS/c1-2-22-12-6-3-5-11(9-12)17-15(21)16-10-14-19-18-13-7-4-8-20(13)14/h11-12H,2-10H2,1H3,(H2,16,17,21)/t11-,12-/m0/s1. The van der Waals surface area contributed by atoms with Crippen molar-refractivity contribution in [2.45, 2.75) is 69.8 Å². The Kier molecular flexibility index (Phi) is 5.23. The van der Waals surface area contributed by atoms with E-state index in [0.29, 0.717) is 17.8 Å². The van der Waals surface area contributed by atoms with Gasteiger partial charge in [0.1, 0.15) is 5.82 Å². The van der Waals surface area contributed by atoms with Crippen LogP contribution >= 0.6 is 11.8 Å². The zero-order valence-electron chi connectivity index (χ0n) is 13.2. The number of aromatic nitrogens is 3. The first-order valence-corrected chi connectivity index (χ1v) is 9.38. The van der Waals surface area contributed by atoms with Crippen LogP contribution in [0.2, 0.25) is 0 Å². The molecular weight excluding hydrogens is 298 g/mol. The van der Waals surface area contributed by atoms with Gasteiger partial charge >= 0.3 is 6.03 Å². The van der Waals surface area contributed by atoms with E-state index in [1.165, 1.54) is 12.8 Å². The summed E-state index contributed by atoms with van der Waals surface area (Å²) in [6.45, 7) is 3.63. The van der Waals surface area contributed by atoms with Crippen molar-refractivity contribution >= 4 is 17.8 Å². The van der Waals surface area contributed by atoms with Crippen LogP contribution in [0.5, 0.6) is 0 Å². The lowest BCUT2D eigenvalue weighted by Gasteiger charge is -2.29. The van der Waals surface area contributed by atoms with Gasteiger partial charge in [-0.15, -0.1) is 10.2 Å². The molecular formula is C15H25N5OS. The van der Waals surface area contributed by atoms with E-state index in [2.05, 4.69) is 32.3 Å². The van der Waals surface area contributed by atoms with Gasteiger partial charge in [0.15, 0.2) is 5.82 Å². The summed E-state index contributed by atoms with van der Waals surface area (Å²) < 4.78 is 2.12. The fraction of sp³-hybridized carbons (Fsp3) is 0.800. The summed E-state index contributed by atoms with van der Waals surface area (Å²) in [5.41, 5.74) is 0. The molecule has 1 aromatic heterocycles. The molecule has 1 fully saturated rings. The van der Waals surface area contributed by atoms with Gasteiger partial charge in [-0.1, -0.05) is 13.3 Å². The Labute approximate surface area is 135 Å². The largest absolute Gasteiger partial charge is 0.335 e. The Morgan fingerprint density at radius 1 is 1.36 bits per heavy atom. The van der Waals surface area contributed by atoms with Crippen molar-refractivity contribution in [2.24, 2.45) is 0 Å². The van der Waals surface area contributed by atoms with Crippen molar-refractivity contribution in [2.75, 3.05) is 5.75 Å². The highest BCUT2D eigenvalue weighted by atomic mass is 32.2. The fourth-order valence-electron chi connectivity index (χ4n) is 3.40. The van der Waals surface area contributed by atoms with Crippen LogP contribution in [0, 0.1) is 0 Å². The predicted octanol–water partition coefficient (Wildman–Crippen LogP) is 2.09. The first kappa shape index (κ1) is 15.6. The van der Waals surface area contributed by atoms with E-state index < -0.39 is 0 Å². The number of urea groups is 1. The van der Waals surface area contributed by atoms with E-state index >= 15 is 0 Å². The van der Waals surface area contributed by atoms with Crippen LogP contribution in [-0.4, -0.2) is 37.8 Å². The third-order valence-electron chi connectivity index (χ3n) is 4.46. The van der Waals surface area contributed by atoms with Crippen LogP contribution in [0.3, 0.4) is 0 Å². The molecule has 2 heterocycles. The third-order valence-corrected chi connectivity index (χ3v) is 5.69. The van der Waals surface area contributed by atoms with Crippen molar-refractivity contribution in [1.82, 2.24) is 25.4 Å². The highest BCUT2D eigenvalue weighted by molar-refractivity contribution is 7.99. The van der Waals surface area contributed by atoms with E-state index in [4.69, 9.17) is 0 Å². The number of fused-ring (bicyclic) bond motifs is 1. The monoisotopic (exact) mass is 323 g/mol. The van der Waals surface area contributed by atoms with Gasteiger partial charge < -0.3 is 15.2 Å². The number of hydrogen-bond donors (Lipinski definition) is 2. The number of carbonyl (C=O) groups is 1. The number of hydrogen-bond acceptors (Lipinski definition) is 4. The van der Waals surface area contributed by atoms with Crippen molar-refractivity contribution < 1.29 is 4.79 Å². The van der Waals surface area contributed by atoms with Crippen LogP contribution in [0.25, 0.3) is 0 Å². The van der Waals surface area contributed by atoms with Gasteiger partial charge in [0.25, 0.3) is 0 Å². The Bertz CT molecular complexity index is 516. The number of aryl methyl sites for hydroxylation is 1. The SMILES string of the molecule is CCS[C@H]1CCC[C@H](NC(=O)NCc2nnc3n2CCC3)C1. The molecule has 1 saturated carbocycles. The molecule has 3 rings (SSSR count). The second-order valence-electron chi connectivity index (χ2n) is 6.06. The minimum absolute atomic E-state index is 0.0810. The molecule has 0 radical (unpaired) electrons. The summed E-state index contributed by atoms with van der Waals surface area (Å²) in [6, 6.07) is 0.226. The van der Waals surface area contributed by atoms with E-state index in [9.17, 15) is 4.79 Å². The average molecular weight is 323 g/mol. The number of rotatable bonds is 5. The molecule has 2 atom stereocenters. The molecule has 1 aromatic rings. The zero-order valence-corrected chi connectivity index (χ0v) is 14.0. The number of carbonyl (C=O) groups excluding carboxylic acids is 1. The minimum atomic E-state index is -0.0810. The van der Waals surface area contributed by atoms with Gasteiger partial charge in [-0.2, -0.15) is 11.8 Å². The Morgan fingerprint density at radius 3 is 3.14 bits per heavy atom. The quantitative estimate of drug-likeness (QED) is 0.870. The molecule has 7 heteroatoms. The lowest BCUT2D eigenvalue weighted by molar-refractivity contribution is 0.232. The summed E-state index contributed by atoms with van der Waals surface area (Å²) in [7, 11) is 0. The van der Waals surface area contributed by atoms with E-state index in [-0.39, 0.29) is 6.03 Å². The van der Waals surface area contributed by atoms with E-state index in [1.807, 2.05) is 11.8 Å². The number of amides is 2. The van der Waals surface area contributed by atoms with Crippen LogP contribution in [-0.2, 0) is 19.5 Å². The molecule has 0 unspecified atom stereocenters. The maximum Gasteiger partial charge on any atom is 0.315 e. The molecule has 6 nitrogen and oxygen atoms in total. The Morgan fingerprint density at radius 2 is 2.27 bits per heavy atom. The lowest BCUT2D eigenvalue weighted by Crippen LogP contribution is -2.44. The number of nitrogens with one attached hydrogen (secondary N) is 2. The summed E-state index contributed by atoms with van der Waals surface area (Å²) in [5, 5.41) is 15.1. The summed E-state index contributed by atoms with van der Waals surface area (Å²) in [5.74, 6) is 3.07. The highest BCUT2D eigenvalue weighted by Gasteiger charge is 2.23. The molecule has 22 heavy (non-hydrogen) atoms. The molecule has 0 aromatic carbocycles. The van der Waals surface area contributed by atoms with Crippen LogP contribution in [0.15, 0.2) is 0 Å². The van der Waals surface area contributed by atoms with Crippen LogP contribution in [0.4, 0.5) is 4.79 Å². The molecule has 0 spiro atoms. The first-order chi connectivity index (χ1) is 10.8. The van der Waals surface area contributed by atoms with Gasteiger partial charge in [0, 0.05) is 24.3 Å². The van der Waals surface area contributed by atoms with Crippen molar-refractivity contribution in [1.29, 1.82) is 0 Å². The smallest absolute Gasteiger partial charge is 0.315 e. The second-order valence-corrected chi connectivity index (χ2v) is 7.63. The zero-order chi connectivity index (χ0) is 15.4. The van der Waals surface area contributed by atoms with E-state index in [1.54, 1.807) is 0 Å². The van der Waals surface area contributed by atoms with Gasteiger partial charge in [0.2, 0.25) is 0 Å². The molecule has 2 amide bonds. The average Bonchev–Trinajstić information content (AvgIpc) is 3.09. The van der Waals surface area contributed by atoms with Crippen molar-refractivity contribution in [3.8, 4) is 0 Å². The van der Waals surface area contributed by atoms with Gasteiger partial charge in [-0.05, 0) is 31.4 Å². The maximum atomic E-state index is 12.1. The molecule has 2 aliphatic rings. The minimum Gasteiger partial charge on any atom is -0.335 e. The molecule has 0 saturated heterocycles. The Hall–Kier alpha value is -1.24.